The molecule has 0 aliphatic heterocycles. The monoisotopic (exact) mass is 282 g/mol. The standard InChI is InChI=1S/C15H18N6/c1-12(15-17-11-18-20-15)16-7-14-8-19-21(10-14)9-13-5-3-2-4-6-13/h2-6,8,10-12,16H,7,9H2,1H3,(H,17,18,20). The van der Waals surface area contributed by atoms with Gasteiger partial charge >= 0.3 is 0 Å². The summed E-state index contributed by atoms with van der Waals surface area (Å²) in [6, 6.07) is 10.4. The van der Waals surface area contributed by atoms with Crippen LogP contribution in [0.15, 0.2) is 49.1 Å². The van der Waals surface area contributed by atoms with Crippen LogP contribution in [-0.4, -0.2) is 25.0 Å². The second-order valence-corrected chi connectivity index (χ2v) is 5.01. The Labute approximate surface area is 123 Å². The van der Waals surface area contributed by atoms with E-state index in [-0.39, 0.29) is 6.04 Å². The normalized spacial score (nSPS) is 12.4. The van der Waals surface area contributed by atoms with Gasteiger partial charge in [0.15, 0.2) is 0 Å². The van der Waals surface area contributed by atoms with Gasteiger partial charge in [0.2, 0.25) is 0 Å². The number of hydrogen-bond donors (Lipinski definition) is 2. The molecule has 3 aromatic rings. The molecule has 3 rings (SSSR count). The molecule has 2 heterocycles. The van der Waals surface area contributed by atoms with Crippen molar-refractivity contribution in [3.8, 4) is 0 Å². The summed E-state index contributed by atoms with van der Waals surface area (Å²) in [4.78, 5) is 4.14. The van der Waals surface area contributed by atoms with E-state index < -0.39 is 0 Å². The predicted octanol–water partition coefficient (Wildman–Crippen LogP) is 1.90. The fourth-order valence-corrected chi connectivity index (χ4v) is 2.15. The van der Waals surface area contributed by atoms with Crippen molar-refractivity contribution in [1.82, 2.24) is 30.3 Å². The molecule has 2 N–H and O–H groups in total. The average Bonchev–Trinajstić information content (AvgIpc) is 3.17. The Bertz CT molecular complexity index is 659. The summed E-state index contributed by atoms with van der Waals surface area (Å²) in [5, 5.41) is 14.5. The molecule has 0 saturated carbocycles. The third-order valence-corrected chi connectivity index (χ3v) is 3.33. The minimum Gasteiger partial charge on any atom is -0.303 e. The molecule has 0 aliphatic rings. The van der Waals surface area contributed by atoms with Gasteiger partial charge in [-0.2, -0.15) is 10.2 Å². The highest BCUT2D eigenvalue weighted by atomic mass is 15.3. The van der Waals surface area contributed by atoms with Gasteiger partial charge in [0, 0.05) is 18.3 Å². The van der Waals surface area contributed by atoms with E-state index in [1.54, 1.807) is 0 Å². The maximum Gasteiger partial charge on any atom is 0.141 e. The highest BCUT2D eigenvalue weighted by molar-refractivity contribution is 5.15. The Morgan fingerprint density at radius 2 is 2.10 bits per heavy atom. The first kappa shape index (κ1) is 13.5. The Morgan fingerprint density at radius 1 is 1.24 bits per heavy atom. The molecule has 6 nitrogen and oxygen atoms in total. The molecule has 1 atom stereocenters. The molecule has 6 heteroatoms. The minimum atomic E-state index is 0.130. The fraction of sp³-hybridized carbons (Fsp3) is 0.267. The second-order valence-electron chi connectivity index (χ2n) is 5.01. The maximum absolute atomic E-state index is 4.39. The van der Waals surface area contributed by atoms with E-state index in [9.17, 15) is 0 Å². The van der Waals surface area contributed by atoms with Gasteiger partial charge < -0.3 is 5.32 Å². The van der Waals surface area contributed by atoms with Gasteiger partial charge in [0.25, 0.3) is 0 Å². The minimum absolute atomic E-state index is 0.130. The number of aromatic nitrogens is 5. The van der Waals surface area contributed by atoms with Gasteiger partial charge in [0.1, 0.15) is 12.2 Å². The zero-order valence-corrected chi connectivity index (χ0v) is 11.9. The Balaban J connectivity index is 1.55. The highest BCUT2D eigenvalue weighted by Crippen LogP contribution is 2.07. The summed E-state index contributed by atoms with van der Waals surface area (Å²) in [7, 11) is 0. The van der Waals surface area contributed by atoms with E-state index in [2.05, 4.69) is 50.9 Å². The average molecular weight is 282 g/mol. The zero-order chi connectivity index (χ0) is 14.5. The second kappa shape index (κ2) is 6.32. The van der Waals surface area contributed by atoms with Crippen LogP contribution in [0.1, 0.15) is 29.9 Å². The van der Waals surface area contributed by atoms with Crippen molar-refractivity contribution < 1.29 is 0 Å². The third kappa shape index (κ3) is 3.55. The lowest BCUT2D eigenvalue weighted by Gasteiger charge is -2.09. The summed E-state index contributed by atoms with van der Waals surface area (Å²) < 4.78 is 1.95. The number of rotatable bonds is 6. The molecule has 0 amide bonds. The molecule has 0 fully saturated rings. The van der Waals surface area contributed by atoms with Gasteiger partial charge in [-0.25, -0.2) is 4.98 Å². The van der Waals surface area contributed by atoms with Crippen molar-refractivity contribution in [3.63, 3.8) is 0 Å². The summed E-state index contributed by atoms with van der Waals surface area (Å²) in [5.74, 6) is 0.840. The van der Waals surface area contributed by atoms with Crippen molar-refractivity contribution in [2.75, 3.05) is 0 Å². The molecule has 1 unspecified atom stereocenters. The summed E-state index contributed by atoms with van der Waals surface area (Å²) >= 11 is 0. The van der Waals surface area contributed by atoms with E-state index in [1.165, 1.54) is 11.9 Å². The number of aromatic amines is 1. The Kier molecular flexibility index (Phi) is 4.07. The van der Waals surface area contributed by atoms with E-state index in [0.29, 0.717) is 0 Å². The lowest BCUT2D eigenvalue weighted by molar-refractivity contribution is 0.547. The molecule has 0 saturated heterocycles. The van der Waals surface area contributed by atoms with Gasteiger partial charge in [0.05, 0.1) is 18.8 Å². The van der Waals surface area contributed by atoms with Crippen LogP contribution in [0.2, 0.25) is 0 Å². The van der Waals surface area contributed by atoms with Crippen molar-refractivity contribution in [3.05, 3.63) is 66.0 Å². The Hall–Kier alpha value is -2.47. The molecule has 2 aromatic heterocycles. The van der Waals surface area contributed by atoms with Crippen LogP contribution in [0.5, 0.6) is 0 Å². The molecule has 0 spiro atoms. The van der Waals surface area contributed by atoms with Crippen LogP contribution in [0, 0.1) is 0 Å². The largest absolute Gasteiger partial charge is 0.303 e. The first-order chi connectivity index (χ1) is 10.3. The van der Waals surface area contributed by atoms with Crippen LogP contribution in [-0.2, 0) is 13.1 Å². The number of benzene rings is 1. The van der Waals surface area contributed by atoms with Crippen molar-refractivity contribution in [2.45, 2.75) is 26.1 Å². The fourth-order valence-electron chi connectivity index (χ4n) is 2.15. The molecule has 108 valence electrons. The number of nitrogens with one attached hydrogen (secondary N) is 2. The summed E-state index contributed by atoms with van der Waals surface area (Å²) in [6.45, 7) is 3.59. The van der Waals surface area contributed by atoms with Crippen molar-refractivity contribution in [1.29, 1.82) is 0 Å². The molecule has 1 aromatic carbocycles. The van der Waals surface area contributed by atoms with Crippen LogP contribution < -0.4 is 5.32 Å². The SMILES string of the molecule is CC(NCc1cnn(Cc2ccccc2)c1)c1ncn[nH]1. The number of H-pyrrole nitrogens is 1. The molecular formula is C15H18N6. The van der Waals surface area contributed by atoms with Gasteiger partial charge in [-0.15, -0.1) is 0 Å². The third-order valence-electron chi connectivity index (χ3n) is 3.33. The van der Waals surface area contributed by atoms with Crippen LogP contribution in [0.25, 0.3) is 0 Å². The number of nitrogens with zero attached hydrogens (tertiary/aromatic N) is 4. The van der Waals surface area contributed by atoms with E-state index >= 15 is 0 Å². The lowest BCUT2D eigenvalue weighted by atomic mass is 10.2. The molecule has 0 aliphatic carbocycles. The summed E-state index contributed by atoms with van der Waals surface area (Å²) in [5.41, 5.74) is 2.40. The molecular weight excluding hydrogens is 264 g/mol. The molecule has 0 bridgehead atoms. The number of hydrogen-bond acceptors (Lipinski definition) is 4. The quantitative estimate of drug-likeness (QED) is 0.724. The lowest BCUT2D eigenvalue weighted by Crippen LogP contribution is -2.19. The van der Waals surface area contributed by atoms with Crippen molar-refractivity contribution >= 4 is 0 Å². The first-order valence-electron chi connectivity index (χ1n) is 6.95. The van der Waals surface area contributed by atoms with Gasteiger partial charge in [-0.05, 0) is 12.5 Å². The van der Waals surface area contributed by atoms with Crippen LogP contribution in [0.4, 0.5) is 0 Å². The van der Waals surface area contributed by atoms with E-state index in [1.807, 2.05) is 29.1 Å². The molecule has 0 radical (unpaired) electrons. The van der Waals surface area contributed by atoms with Crippen molar-refractivity contribution in [2.24, 2.45) is 0 Å². The first-order valence-corrected chi connectivity index (χ1v) is 6.95. The highest BCUT2D eigenvalue weighted by Gasteiger charge is 2.08. The zero-order valence-electron chi connectivity index (χ0n) is 11.9. The molecule has 21 heavy (non-hydrogen) atoms. The van der Waals surface area contributed by atoms with E-state index in [0.717, 1.165) is 24.5 Å². The summed E-state index contributed by atoms with van der Waals surface area (Å²) in [6.07, 6.45) is 5.47. The predicted molar refractivity (Wildman–Crippen MR) is 79.4 cm³/mol. The van der Waals surface area contributed by atoms with Gasteiger partial charge in [-0.1, -0.05) is 30.3 Å². The van der Waals surface area contributed by atoms with Crippen LogP contribution >= 0.6 is 0 Å². The van der Waals surface area contributed by atoms with Crippen LogP contribution in [0.3, 0.4) is 0 Å². The van der Waals surface area contributed by atoms with Gasteiger partial charge in [-0.3, -0.25) is 9.78 Å². The maximum atomic E-state index is 4.39. The Morgan fingerprint density at radius 3 is 2.86 bits per heavy atom. The smallest absolute Gasteiger partial charge is 0.141 e. The topological polar surface area (TPSA) is 71.4 Å². The van der Waals surface area contributed by atoms with E-state index in [4.69, 9.17) is 0 Å².